The Morgan fingerprint density at radius 3 is 2.50 bits per heavy atom. The molecule has 0 aliphatic heterocycles. The Balaban J connectivity index is 2.58. The van der Waals surface area contributed by atoms with E-state index in [1.54, 1.807) is 0 Å². The molecule has 1 heterocycles. The molecular weight excluding hydrogens is 222 g/mol. The molecule has 3 nitrogen and oxygen atoms in total. The molecule has 18 heavy (non-hydrogen) atoms. The Kier molecular flexibility index (Phi) is 5.76. The van der Waals surface area contributed by atoms with Gasteiger partial charge in [-0.05, 0) is 45.5 Å². The van der Waals surface area contributed by atoms with E-state index >= 15 is 0 Å². The van der Waals surface area contributed by atoms with Gasteiger partial charge in [0.05, 0.1) is 5.69 Å². The smallest absolute Gasteiger partial charge is 0.0544 e. The third-order valence-corrected chi connectivity index (χ3v) is 3.76. The van der Waals surface area contributed by atoms with Crippen molar-refractivity contribution in [3.8, 4) is 0 Å². The molecule has 0 bridgehead atoms. The van der Waals surface area contributed by atoms with Crippen molar-refractivity contribution < 1.29 is 0 Å². The van der Waals surface area contributed by atoms with Gasteiger partial charge in [-0.1, -0.05) is 19.9 Å². The average Bonchev–Trinajstić information content (AvgIpc) is 2.37. The van der Waals surface area contributed by atoms with Crippen LogP contribution in [-0.2, 0) is 13.1 Å². The van der Waals surface area contributed by atoms with E-state index in [-0.39, 0.29) is 5.54 Å². The van der Waals surface area contributed by atoms with E-state index in [4.69, 9.17) is 0 Å². The zero-order chi connectivity index (χ0) is 13.6. The Morgan fingerprint density at radius 2 is 2.00 bits per heavy atom. The summed E-state index contributed by atoms with van der Waals surface area (Å²) in [6.07, 6.45) is 3.12. The van der Waals surface area contributed by atoms with E-state index in [2.05, 4.69) is 62.1 Å². The summed E-state index contributed by atoms with van der Waals surface area (Å²) in [5.41, 5.74) is 2.61. The van der Waals surface area contributed by atoms with E-state index in [0.29, 0.717) is 0 Å². The van der Waals surface area contributed by atoms with E-state index in [1.807, 2.05) is 6.20 Å². The quantitative estimate of drug-likeness (QED) is 0.805. The van der Waals surface area contributed by atoms with Gasteiger partial charge in [-0.15, -0.1) is 0 Å². The molecular formula is C15H27N3. The largest absolute Gasteiger partial charge is 0.313 e. The van der Waals surface area contributed by atoms with Crippen molar-refractivity contribution in [1.29, 1.82) is 0 Å². The standard InChI is InChI=1S/C15H27N3/c1-6-15(3,4)18(5)12-14-9-8-13(11-17-14)10-16-7-2/h8-9,11,16H,6-7,10,12H2,1-5H3. The van der Waals surface area contributed by atoms with E-state index in [1.165, 1.54) is 5.56 Å². The number of hydrogen-bond acceptors (Lipinski definition) is 3. The molecule has 102 valence electrons. The van der Waals surface area contributed by atoms with Crippen LogP contribution in [0.3, 0.4) is 0 Å². The van der Waals surface area contributed by atoms with Crippen molar-refractivity contribution in [2.75, 3.05) is 13.6 Å². The molecule has 3 heteroatoms. The number of hydrogen-bond donors (Lipinski definition) is 1. The van der Waals surface area contributed by atoms with Gasteiger partial charge in [0.15, 0.2) is 0 Å². The van der Waals surface area contributed by atoms with E-state index < -0.39 is 0 Å². The fourth-order valence-corrected chi connectivity index (χ4v) is 1.65. The van der Waals surface area contributed by atoms with Gasteiger partial charge in [0.25, 0.3) is 0 Å². The van der Waals surface area contributed by atoms with Gasteiger partial charge in [0.1, 0.15) is 0 Å². The van der Waals surface area contributed by atoms with Gasteiger partial charge in [-0.3, -0.25) is 9.88 Å². The van der Waals surface area contributed by atoms with Crippen LogP contribution in [0.4, 0.5) is 0 Å². The predicted octanol–water partition coefficient (Wildman–Crippen LogP) is 2.81. The minimum Gasteiger partial charge on any atom is -0.313 e. The summed E-state index contributed by atoms with van der Waals surface area (Å²) in [6.45, 7) is 11.7. The lowest BCUT2D eigenvalue weighted by molar-refractivity contribution is 0.141. The van der Waals surface area contributed by atoms with E-state index in [0.717, 1.165) is 31.7 Å². The first-order chi connectivity index (χ1) is 8.49. The first kappa shape index (κ1) is 15.1. The van der Waals surface area contributed by atoms with Crippen molar-refractivity contribution in [2.24, 2.45) is 0 Å². The molecule has 0 saturated heterocycles. The molecule has 1 N–H and O–H groups in total. The molecule has 0 aromatic carbocycles. The summed E-state index contributed by atoms with van der Waals surface area (Å²) >= 11 is 0. The van der Waals surface area contributed by atoms with Crippen molar-refractivity contribution in [3.63, 3.8) is 0 Å². The van der Waals surface area contributed by atoms with Gasteiger partial charge in [-0.25, -0.2) is 0 Å². The summed E-state index contributed by atoms with van der Waals surface area (Å²) in [5.74, 6) is 0. The zero-order valence-corrected chi connectivity index (χ0v) is 12.5. The summed E-state index contributed by atoms with van der Waals surface area (Å²) < 4.78 is 0. The van der Waals surface area contributed by atoms with Crippen LogP contribution in [0.25, 0.3) is 0 Å². The second-order valence-electron chi connectivity index (χ2n) is 5.46. The van der Waals surface area contributed by atoms with Crippen molar-refractivity contribution in [2.45, 2.75) is 52.7 Å². The average molecular weight is 249 g/mol. The maximum Gasteiger partial charge on any atom is 0.0544 e. The van der Waals surface area contributed by atoms with Gasteiger partial charge in [0, 0.05) is 24.8 Å². The summed E-state index contributed by atoms with van der Waals surface area (Å²) in [6, 6.07) is 4.30. The topological polar surface area (TPSA) is 28.2 Å². The molecule has 0 saturated carbocycles. The minimum atomic E-state index is 0.226. The van der Waals surface area contributed by atoms with Crippen LogP contribution in [0, 0.1) is 0 Å². The Hall–Kier alpha value is -0.930. The summed E-state index contributed by atoms with van der Waals surface area (Å²) in [7, 11) is 2.16. The second-order valence-corrected chi connectivity index (χ2v) is 5.46. The zero-order valence-electron chi connectivity index (χ0n) is 12.5. The van der Waals surface area contributed by atoms with Crippen LogP contribution >= 0.6 is 0 Å². The SMILES string of the molecule is CCNCc1ccc(CN(C)C(C)(C)CC)nc1. The van der Waals surface area contributed by atoms with Gasteiger partial charge < -0.3 is 5.32 Å². The van der Waals surface area contributed by atoms with Crippen molar-refractivity contribution in [3.05, 3.63) is 29.6 Å². The molecule has 0 spiro atoms. The molecule has 0 unspecified atom stereocenters. The molecule has 1 rings (SSSR count). The number of nitrogens with zero attached hydrogens (tertiary/aromatic N) is 2. The van der Waals surface area contributed by atoms with Crippen LogP contribution in [0.2, 0.25) is 0 Å². The highest BCUT2D eigenvalue weighted by molar-refractivity contribution is 5.14. The number of nitrogens with one attached hydrogen (secondary N) is 1. The number of rotatable bonds is 7. The normalized spacial score (nSPS) is 12.1. The Labute approximate surface area is 112 Å². The summed E-state index contributed by atoms with van der Waals surface area (Å²) in [5, 5.41) is 3.31. The lowest BCUT2D eigenvalue weighted by Crippen LogP contribution is -2.39. The van der Waals surface area contributed by atoms with Crippen molar-refractivity contribution in [1.82, 2.24) is 15.2 Å². The second kappa shape index (κ2) is 6.86. The molecule has 0 atom stereocenters. The fraction of sp³-hybridized carbons (Fsp3) is 0.667. The van der Waals surface area contributed by atoms with Gasteiger partial charge in [0.2, 0.25) is 0 Å². The maximum absolute atomic E-state index is 4.54. The fourth-order valence-electron chi connectivity index (χ4n) is 1.65. The highest BCUT2D eigenvalue weighted by Crippen LogP contribution is 2.18. The molecule has 0 radical (unpaired) electrons. The molecule has 1 aromatic heterocycles. The molecule has 0 amide bonds. The first-order valence-corrected chi connectivity index (χ1v) is 6.85. The van der Waals surface area contributed by atoms with Crippen LogP contribution < -0.4 is 5.32 Å². The Morgan fingerprint density at radius 1 is 1.28 bits per heavy atom. The third-order valence-electron chi connectivity index (χ3n) is 3.76. The van der Waals surface area contributed by atoms with Crippen LogP contribution in [0.15, 0.2) is 18.3 Å². The number of pyridine rings is 1. The summed E-state index contributed by atoms with van der Waals surface area (Å²) in [4.78, 5) is 6.90. The number of aromatic nitrogens is 1. The lowest BCUT2D eigenvalue weighted by atomic mass is 10.00. The highest BCUT2D eigenvalue weighted by Gasteiger charge is 2.21. The third kappa shape index (κ3) is 4.39. The monoisotopic (exact) mass is 249 g/mol. The van der Waals surface area contributed by atoms with Crippen LogP contribution in [0.5, 0.6) is 0 Å². The molecule has 0 aliphatic rings. The highest BCUT2D eigenvalue weighted by atomic mass is 15.2. The maximum atomic E-state index is 4.54. The molecule has 0 fully saturated rings. The van der Waals surface area contributed by atoms with Crippen LogP contribution in [-0.4, -0.2) is 29.0 Å². The molecule has 0 aliphatic carbocycles. The van der Waals surface area contributed by atoms with Crippen LogP contribution in [0.1, 0.15) is 45.4 Å². The van der Waals surface area contributed by atoms with E-state index in [9.17, 15) is 0 Å². The first-order valence-electron chi connectivity index (χ1n) is 6.85. The molecule has 1 aromatic rings. The lowest BCUT2D eigenvalue weighted by Gasteiger charge is -2.34. The Bertz CT molecular complexity index is 343. The van der Waals surface area contributed by atoms with Crippen molar-refractivity contribution >= 4 is 0 Å². The predicted molar refractivity (Wildman–Crippen MR) is 77.5 cm³/mol. The minimum absolute atomic E-state index is 0.226. The van der Waals surface area contributed by atoms with Gasteiger partial charge in [-0.2, -0.15) is 0 Å². The van der Waals surface area contributed by atoms with Gasteiger partial charge >= 0.3 is 0 Å².